The van der Waals surface area contributed by atoms with Gasteiger partial charge in [-0.2, -0.15) is 0 Å². The lowest BCUT2D eigenvalue weighted by Gasteiger charge is -2.33. The Labute approximate surface area is 451 Å². The summed E-state index contributed by atoms with van der Waals surface area (Å²) in [5, 5.41) is 0. The second kappa shape index (κ2) is 17.5. The van der Waals surface area contributed by atoms with Gasteiger partial charge in [0.1, 0.15) is 0 Å². The summed E-state index contributed by atoms with van der Waals surface area (Å²) in [6.07, 6.45) is 0. The number of hydrogen-bond donors (Lipinski definition) is 0. The van der Waals surface area contributed by atoms with Crippen molar-refractivity contribution in [2.75, 3.05) is 4.90 Å². The summed E-state index contributed by atoms with van der Waals surface area (Å²) in [7, 11) is 0. The Hall–Kier alpha value is -9.56. The van der Waals surface area contributed by atoms with E-state index >= 15 is 0 Å². The summed E-state index contributed by atoms with van der Waals surface area (Å²) in [6.45, 7) is 4.77. The van der Waals surface area contributed by atoms with Crippen molar-refractivity contribution >= 4 is 17.1 Å². The number of anilines is 3. The Bertz CT molecular complexity index is 4230. The van der Waals surface area contributed by atoms with E-state index in [1.54, 1.807) is 0 Å². The molecule has 1 heteroatoms. The van der Waals surface area contributed by atoms with Gasteiger partial charge in [0.25, 0.3) is 0 Å². The van der Waals surface area contributed by atoms with Crippen LogP contribution in [0.2, 0.25) is 0 Å². The molecule has 12 aromatic carbocycles. The first kappa shape index (κ1) is 44.9. The molecule has 362 valence electrons. The molecule has 0 unspecified atom stereocenters. The Morgan fingerprint density at radius 3 is 1.23 bits per heavy atom. The van der Waals surface area contributed by atoms with Crippen LogP contribution in [0.25, 0.3) is 89.0 Å². The Morgan fingerprint density at radius 2 is 0.636 bits per heavy atom. The summed E-state index contributed by atoms with van der Waals surface area (Å²) in [6, 6.07) is 107. The lowest BCUT2D eigenvalue weighted by atomic mass is 9.70. The molecule has 0 aromatic heterocycles. The van der Waals surface area contributed by atoms with Gasteiger partial charge in [-0.3, -0.25) is 0 Å². The first-order valence-corrected chi connectivity index (χ1v) is 27.0. The molecular weight excluding hydrogens is 927 g/mol. The third kappa shape index (κ3) is 6.80. The molecule has 0 N–H and O–H groups in total. The van der Waals surface area contributed by atoms with E-state index in [4.69, 9.17) is 0 Å². The first-order chi connectivity index (χ1) is 38.0. The van der Waals surface area contributed by atoms with Crippen LogP contribution in [-0.2, 0) is 10.8 Å². The van der Waals surface area contributed by atoms with Crippen LogP contribution in [0.4, 0.5) is 17.1 Å². The minimum atomic E-state index is -0.578. The molecule has 1 spiro atoms. The van der Waals surface area contributed by atoms with Crippen LogP contribution in [0.3, 0.4) is 0 Å². The highest BCUT2D eigenvalue weighted by Crippen LogP contribution is 2.65. The fraction of sp³-hybridized carbons (Fsp3) is 0.0526. The van der Waals surface area contributed by atoms with Crippen LogP contribution in [0, 0.1) is 0 Å². The zero-order valence-electron chi connectivity index (χ0n) is 43.1. The molecule has 0 amide bonds. The van der Waals surface area contributed by atoms with Crippen LogP contribution in [0.5, 0.6) is 0 Å². The highest BCUT2D eigenvalue weighted by Gasteiger charge is 2.52. The molecule has 0 bridgehead atoms. The number of benzene rings is 12. The quantitative estimate of drug-likeness (QED) is 0.147. The van der Waals surface area contributed by atoms with E-state index < -0.39 is 5.41 Å². The molecular formula is C76H53N. The van der Waals surface area contributed by atoms with E-state index in [0.29, 0.717) is 0 Å². The largest absolute Gasteiger partial charge is 0.310 e. The first-order valence-electron chi connectivity index (χ1n) is 27.0. The summed E-state index contributed by atoms with van der Waals surface area (Å²) >= 11 is 0. The van der Waals surface area contributed by atoms with Crippen LogP contribution in [0.15, 0.2) is 285 Å². The molecule has 0 radical (unpaired) electrons. The normalized spacial score (nSPS) is 13.5. The van der Waals surface area contributed by atoms with E-state index in [9.17, 15) is 0 Å². The van der Waals surface area contributed by atoms with Gasteiger partial charge in [0.2, 0.25) is 0 Å². The van der Waals surface area contributed by atoms with Gasteiger partial charge in [-0.05, 0) is 153 Å². The van der Waals surface area contributed by atoms with Crippen molar-refractivity contribution in [2.45, 2.75) is 24.7 Å². The molecule has 12 aromatic rings. The van der Waals surface area contributed by atoms with Gasteiger partial charge in [-0.1, -0.05) is 263 Å². The van der Waals surface area contributed by atoms with Gasteiger partial charge in [0.05, 0.1) is 11.1 Å². The Morgan fingerprint density at radius 1 is 0.234 bits per heavy atom. The minimum Gasteiger partial charge on any atom is -0.310 e. The molecule has 77 heavy (non-hydrogen) atoms. The molecule has 0 aliphatic heterocycles. The average molecular weight is 980 g/mol. The fourth-order valence-electron chi connectivity index (χ4n) is 13.6. The summed E-state index contributed by atoms with van der Waals surface area (Å²) in [4.78, 5) is 2.55. The molecule has 1 nitrogen and oxygen atoms in total. The van der Waals surface area contributed by atoms with E-state index in [-0.39, 0.29) is 5.41 Å². The highest BCUT2D eigenvalue weighted by molar-refractivity contribution is 6.02. The Kier molecular flexibility index (Phi) is 10.2. The molecule has 0 saturated heterocycles. The molecule has 0 atom stereocenters. The molecule has 15 rings (SSSR count). The minimum absolute atomic E-state index is 0.187. The third-order valence-electron chi connectivity index (χ3n) is 17.1. The number of fused-ring (bicyclic) bond motifs is 13. The number of nitrogens with zero attached hydrogens (tertiary/aromatic N) is 1. The standard InChI is InChI=1S/C76H53N/c1-75(2)67-33-17-14-29-61(67)64-44-42-56(48-71(64)75)77(73-46-41-55(50-21-6-3-7-22-50)47-66(73)52-25-10-5-11-26-52)57-43-45-65-72(49-57)76(68-34-18-15-30-62(68)63-31-16-19-35-69(63)76)70-36-20-32-60(74(65)70)54-39-37-53(38-40-54)59-28-13-12-27-58(59)51-23-8-4-9-24-51/h3-49H,1-2H3. The smallest absolute Gasteiger partial charge is 0.0726 e. The maximum Gasteiger partial charge on any atom is 0.0726 e. The third-order valence-corrected chi connectivity index (χ3v) is 17.1. The lowest BCUT2D eigenvalue weighted by molar-refractivity contribution is 0.660. The van der Waals surface area contributed by atoms with Gasteiger partial charge >= 0.3 is 0 Å². The lowest BCUT2D eigenvalue weighted by Crippen LogP contribution is -2.26. The molecule has 0 heterocycles. The van der Waals surface area contributed by atoms with Crippen molar-refractivity contribution < 1.29 is 0 Å². The predicted molar refractivity (Wildman–Crippen MR) is 322 cm³/mol. The predicted octanol–water partition coefficient (Wildman–Crippen LogP) is 20.1. The van der Waals surface area contributed by atoms with Crippen molar-refractivity contribution in [3.05, 3.63) is 318 Å². The summed E-state index contributed by atoms with van der Waals surface area (Å²) < 4.78 is 0. The van der Waals surface area contributed by atoms with E-state index in [0.717, 1.165) is 17.1 Å². The van der Waals surface area contributed by atoms with Gasteiger partial charge < -0.3 is 4.90 Å². The average Bonchev–Trinajstić information content (AvgIpc) is 4.23. The second-order valence-electron chi connectivity index (χ2n) is 21.5. The zero-order valence-corrected chi connectivity index (χ0v) is 43.1. The molecule has 0 saturated carbocycles. The second-order valence-corrected chi connectivity index (χ2v) is 21.5. The van der Waals surface area contributed by atoms with Gasteiger partial charge in [-0.15, -0.1) is 0 Å². The van der Waals surface area contributed by atoms with Gasteiger partial charge in [0.15, 0.2) is 0 Å². The van der Waals surface area contributed by atoms with Crippen LogP contribution < -0.4 is 4.90 Å². The highest BCUT2D eigenvalue weighted by atomic mass is 15.1. The number of hydrogen-bond acceptors (Lipinski definition) is 1. The van der Waals surface area contributed by atoms with Crippen molar-refractivity contribution in [3.8, 4) is 89.0 Å². The van der Waals surface area contributed by atoms with Gasteiger partial charge in [0, 0.05) is 22.4 Å². The monoisotopic (exact) mass is 979 g/mol. The Balaban J connectivity index is 0.972. The van der Waals surface area contributed by atoms with Crippen LogP contribution in [-0.4, -0.2) is 0 Å². The number of rotatable bonds is 8. The van der Waals surface area contributed by atoms with Crippen LogP contribution in [0.1, 0.15) is 47.2 Å². The van der Waals surface area contributed by atoms with Crippen LogP contribution >= 0.6 is 0 Å². The van der Waals surface area contributed by atoms with E-state index in [2.05, 4.69) is 304 Å². The van der Waals surface area contributed by atoms with Crippen molar-refractivity contribution in [1.82, 2.24) is 0 Å². The molecule has 3 aliphatic rings. The van der Waals surface area contributed by atoms with Crippen molar-refractivity contribution in [3.63, 3.8) is 0 Å². The van der Waals surface area contributed by atoms with E-state index in [1.807, 2.05) is 0 Å². The SMILES string of the molecule is CC1(C)c2ccccc2-c2ccc(N(c3ccc4c(c3)C3(c5ccccc5-c5ccccc53)c3cccc(-c5ccc(-c6ccccc6-c6ccccc6)cc5)c3-4)c3ccc(-c4ccccc4)cc3-c3ccccc3)cc21. The summed E-state index contributed by atoms with van der Waals surface area (Å²) in [5.41, 5.74) is 30.3. The maximum absolute atomic E-state index is 2.55. The molecule has 3 aliphatic carbocycles. The fourth-order valence-corrected chi connectivity index (χ4v) is 13.6. The summed E-state index contributed by atoms with van der Waals surface area (Å²) in [5.74, 6) is 0. The molecule has 0 fully saturated rings. The maximum atomic E-state index is 2.55. The van der Waals surface area contributed by atoms with Crippen molar-refractivity contribution in [1.29, 1.82) is 0 Å². The van der Waals surface area contributed by atoms with E-state index in [1.165, 1.54) is 122 Å². The zero-order chi connectivity index (χ0) is 51.2. The topological polar surface area (TPSA) is 3.24 Å². The van der Waals surface area contributed by atoms with Crippen molar-refractivity contribution in [2.24, 2.45) is 0 Å². The van der Waals surface area contributed by atoms with Gasteiger partial charge in [-0.25, -0.2) is 0 Å².